The zero-order valence-corrected chi connectivity index (χ0v) is 8.83. The number of halogens is 1. The summed E-state index contributed by atoms with van der Waals surface area (Å²) < 4.78 is 13.3. The van der Waals surface area contributed by atoms with Crippen LogP contribution >= 0.6 is 0 Å². The first-order chi connectivity index (χ1) is 7.13. The lowest BCUT2D eigenvalue weighted by Crippen LogP contribution is -2.21. The summed E-state index contributed by atoms with van der Waals surface area (Å²) in [6, 6.07) is 5.27. The molecule has 1 aromatic carbocycles. The molecular formula is C12H16FNO. The molecule has 1 aliphatic rings. The summed E-state index contributed by atoms with van der Waals surface area (Å²) in [4.78, 5) is 0. The molecule has 3 heteroatoms. The molecule has 0 heterocycles. The number of hydrogen-bond acceptors (Lipinski definition) is 2. The molecule has 0 aromatic heterocycles. The Morgan fingerprint density at radius 2 is 2.33 bits per heavy atom. The molecule has 1 aromatic rings. The standard InChI is InChI=1S/C12H16FNO/c1-8-2-3-9(4-11(8)13)10-5-12(10,6-14)7-15/h2-4,10,15H,5-7,14H2,1H3. The van der Waals surface area contributed by atoms with Gasteiger partial charge in [-0.15, -0.1) is 0 Å². The highest BCUT2D eigenvalue weighted by atomic mass is 19.1. The van der Waals surface area contributed by atoms with Crippen LogP contribution in [0.1, 0.15) is 23.5 Å². The van der Waals surface area contributed by atoms with E-state index in [1.165, 1.54) is 0 Å². The first-order valence-electron chi connectivity index (χ1n) is 5.20. The molecule has 15 heavy (non-hydrogen) atoms. The van der Waals surface area contributed by atoms with E-state index in [0.717, 1.165) is 12.0 Å². The number of aliphatic hydroxyl groups excluding tert-OH is 1. The second-order valence-corrected chi connectivity index (χ2v) is 4.49. The molecule has 2 nitrogen and oxygen atoms in total. The number of aryl methyl sites for hydroxylation is 1. The number of rotatable bonds is 3. The van der Waals surface area contributed by atoms with Crippen LogP contribution in [-0.2, 0) is 0 Å². The maximum Gasteiger partial charge on any atom is 0.126 e. The molecule has 0 amide bonds. The lowest BCUT2D eigenvalue weighted by atomic mass is 9.99. The second kappa shape index (κ2) is 3.58. The molecule has 1 saturated carbocycles. The predicted octanol–water partition coefficient (Wildman–Crippen LogP) is 1.56. The Bertz CT molecular complexity index is 374. The Balaban J connectivity index is 2.23. The molecule has 0 bridgehead atoms. The summed E-state index contributed by atoms with van der Waals surface area (Å²) in [5.74, 6) is 0.0471. The molecule has 2 atom stereocenters. The fourth-order valence-electron chi connectivity index (χ4n) is 2.11. The van der Waals surface area contributed by atoms with Crippen LogP contribution < -0.4 is 5.73 Å². The first-order valence-corrected chi connectivity index (χ1v) is 5.20. The molecule has 0 radical (unpaired) electrons. The van der Waals surface area contributed by atoms with Crippen molar-refractivity contribution in [2.24, 2.45) is 11.1 Å². The summed E-state index contributed by atoms with van der Waals surface area (Å²) in [5, 5.41) is 9.24. The van der Waals surface area contributed by atoms with E-state index in [-0.39, 0.29) is 23.8 Å². The summed E-state index contributed by atoms with van der Waals surface area (Å²) in [6.07, 6.45) is 0.864. The third-order valence-corrected chi connectivity index (χ3v) is 3.51. The molecule has 1 aliphatic carbocycles. The van der Waals surface area contributed by atoms with E-state index in [4.69, 9.17) is 5.73 Å². The van der Waals surface area contributed by atoms with Gasteiger partial charge in [-0.05, 0) is 36.5 Å². The predicted molar refractivity (Wildman–Crippen MR) is 57.1 cm³/mol. The molecule has 0 aliphatic heterocycles. The summed E-state index contributed by atoms with van der Waals surface area (Å²) in [5.41, 5.74) is 7.04. The number of hydrogen-bond donors (Lipinski definition) is 2. The van der Waals surface area contributed by atoms with Crippen LogP contribution in [0.15, 0.2) is 18.2 Å². The number of benzene rings is 1. The highest BCUT2D eigenvalue weighted by molar-refractivity contribution is 5.33. The van der Waals surface area contributed by atoms with Gasteiger partial charge in [0.1, 0.15) is 5.82 Å². The van der Waals surface area contributed by atoms with Gasteiger partial charge < -0.3 is 10.8 Å². The normalized spacial score (nSPS) is 29.2. The fourth-order valence-corrected chi connectivity index (χ4v) is 2.11. The van der Waals surface area contributed by atoms with Crippen molar-refractivity contribution in [2.75, 3.05) is 13.2 Å². The quantitative estimate of drug-likeness (QED) is 0.793. The van der Waals surface area contributed by atoms with Crippen LogP contribution in [0.4, 0.5) is 4.39 Å². The van der Waals surface area contributed by atoms with Crippen molar-refractivity contribution < 1.29 is 9.50 Å². The molecule has 1 fully saturated rings. The van der Waals surface area contributed by atoms with Crippen molar-refractivity contribution in [3.05, 3.63) is 35.1 Å². The van der Waals surface area contributed by atoms with Gasteiger partial charge in [-0.1, -0.05) is 12.1 Å². The van der Waals surface area contributed by atoms with Crippen LogP contribution in [0.5, 0.6) is 0 Å². The van der Waals surface area contributed by atoms with Crippen molar-refractivity contribution in [3.63, 3.8) is 0 Å². The van der Waals surface area contributed by atoms with Crippen LogP contribution in [0.3, 0.4) is 0 Å². The average Bonchev–Trinajstić information content (AvgIpc) is 2.97. The Labute approximate surface area is 88.9 Å². The lowest BCUT2D eigenvalue weighted by Gasteiger charge is -2.11. The van der Waals surface area contributed by atoms with Gasteiger partial charge in [0.05, 0.1) is 6.61 Å². The minimum Gasteiger partial charge on any atom is -0.396 e. The van der Waals surface area contributed by atoms with Crippen LogP contribution in [-0.4, -0.2) is 18.3 Å². The van der Waals surface area contributed by atoms with E-state index in [1.54, 1.807) is 19.1 Å². The van der Waals surface area contributed by atoms with E-state index in [1.807, 2.05) is 6.07 Å². The summed E-state index contributed by atoms with van der Waals surface area (Å²) in [7, 11) is 0. The Hall–Kier alpha value is -0.930. The maximum absolute atomic E-state index is 13.3. The third kappa shape index (κ3) is 1.66. The molecule has 2 rings (SSSR count). The van der Waals surface area contributed by atoms with E-state index in [9.17, 15) is 9.50 Å². The van der Waals surface area contributed by atoms with Crippen LogP contribution in [0.25, 0.3) is 0 Å². The van der Waals surface area contributed by atoms with Gasteiger partial charge in [0.15, 0.2) is 0 Å². The minimum atomic E-state index is -0.193. The second-order valence-electron chi connectivity index (χ2n) is 4.49. The van der Waals surface area contributed by atoms with Crippen LogP contribution in [0.2, 0.25) is 0 Å². The molecular weight excluding hydrogens is 193 g/mol. The monoisotopic (exact) mass is 209 g/mol. The smallest absolute Gasteiger partial charge is 0.126 e. The van der Waals surface area contributed by atoms with Crippen molar-refractivity contribution >= 4 is 0 Å². The average molecular weight is 209 g/mol. The lowest BCUT2D eigenvalue weighted by molar-refractivity contribution is 0.211. The molecule has 2 unspecified atom stereocenters. The Morgan fingerprint density at radius 1 is 1.60 bits per heavy atom. The summed E-state index contributed by atoms with van der Waals surface area (Å²) in [6.45, 7) is 2.29. The SMILES string of the molecule is Cc1ccc(C2CC2(CN)CO)cc1F. The molecule has 0 spiro atoms. The zero-order chi connectivity index (χ0) is 11.1. The molecule has 82 valence electrons. The number of aliphatic hydroxyl groups is 1. The van der Waals surface area contributed by atoms with Crippen molar-refractivity contribution in [2.45, 2.75) is 19.3 Å². The highest BCUT2D eigenvalue weighted by Crippen LogP contribution is 2.58. The van der Waals surface area contributed by atoms with E-state index < -0.39 is 0 Å². The van der Waals surface area contributed by atoms with E-state index >= 15 is 0 Å². The van der Waals surface area contributed by atoms with Gasteiger partial charge >= 0.3 is 0 Å². The molecule has 3 N–H and O–H groups in total. The minimum absolute atomic E-state index is 0.0870. The van der Waals surface area contributed by atoms with Crippen molar-refractivity contribution in [1.29, 1.82) is 0 Å². The first kappa shape index (κ1) is 10.6. The van der Waals surface area contributed by atoms with E-state index in [0.29, 0.717) is 12.1 Å². The van der Waals surface area contributed by atoms with Gasteiger partial charge in [0.2, 0.25) is 0 Å². The van der Waals surface area contributed by atoms with Gasteiger partial charge in [-0.3, -0.25) is 0 Å². The van der Waals surface area contributed by atoms with Crippen molar-refractivity contribution in [1.82, 2.24) is 0 Å². The Kier molecular flexibility index (Phi) is 2.52. The van der Waals surface area contributed by atoms with Gasteiger partial charge in [0, 0.05) is 12.0 Å². The topological polar surface area (TPSA) is 46.2 Å². The number of nitrogens with two attached hydrogens (primary N) is 1. The fraction of sp³-hybridized carbons (Fsp3) is 0.500. The van der Waals surface area contributed by atoms with Gasteiger partial charge in [-0.25, -0.2) is 4.39 Å². The van der Waals surface area contributed by atoms with Crippen LogP contribution in [0, 0.1) is 18.2 Å². The molecule has 0 saturated heterocycles. The van der Waals surface area contributed by atoms with E-state index in [2.05, 4.69) is 0 Å². The maximum atomic E-state index is 13.3. The van der Waals surface area contributed by atoms with Gasteiger partial charge in [-0.2, -0.15) is 0 Å². The summed E-state index contributed by atoms with van der Waals surface area (Å²) >= 11 is 0. The van der Waals surface area contributed by atoms with Gasteiger partial charge in [0.25, 0.3) is 0 Å². The highest BCUT2D eigenvalue weighted by Gasteiger charge is 2.53. The zero-order valence-electron chi connectivity index (χ0n) is 8.83. The third-order valence-electron chi connectivity index (χ3n) is 3.51. The largest absolute Gasteiger partial charge is 0.396 e. The van der Waals surface area contributed by atoms with Crippen molar-refractivity contribution in [3.8, 4) is 0 Å². The Morgan fingerprint density at radius 3 is 2.80 bits per heavy atom.